The fourth-order valence-electron chi connectivity index (χ4n) is 1.82. The maximum Gasteiger partial charge on any atom is 0.356 e. The molecule has 0 unspecified atom stereocenters. The van der Waals surface area contributed by atoms with E-state index in [1.807, 2.05) is 19.1 Å². The normalized spacial score (nSPS) is 10.5. The van der Waals surface area contributed by atoms with Gasteiger partial charge < -0.3 is 5.11 Å². The molecule has 0 fully saturated rings. The van der Waals surface area contributed by atoms with Crippen LogP contribution in [-0.4, -0.2) is 25.8 Å². The minimum absolute atomic E-state index is 0.113. The molecule has 0 aliphatic rings. The van der Waals surface area contributed by atoms with E-state index < -0.39 is 5.97 Å². The number of rotatable bonds is 5. The van der Waals surface area contributed by atoms with Crippen LogP contribution in [0.3, 0.4) is 0 Å². The SMILES string of the molecule is CCc1cc(C(=O)O)nn1CCc1ccncc1. The number of hydrogen-bond donors (Lipinski definition) is 1. The van der Waals surface area contributed by atoms with Gasteiger partial charge in [0.05, 0.1) is 0 Å². The molecule has 5 nitrogen and oxygen atoms in total. The van der Waals surface area contributed by atoms with Crippen molar-refractivity contribution in [1.29, 1.82) is 0 Å². The maximum atomic E-state index is 10.9. The van der Waals surface area contributed by atoms with Gasteiger partial charge in [0, 0.05) is 24.6 Å². The summed E-state index contributed by atoms with van der Waals surface area (Å²) in [5, 5.41) is 13.0. The van der Waals surface area contributed by atoms with Gasteiger partial charge in [-0.3, -0.25) is 9.67 Å². The van der Waals surface area contributed by atoms with Gasteiger partial charge in [-0.25, -0.2) is 4.79 Å². The second-order valence-electron chi connectivity index (χ2n) is 4.01. The van der Waals surface area contributed by atoms with Crippen LogP contribution in [0.5, 0.6) is 0 Å². The predicted molar refractivity (Wildman–Crippen MR) is 66.5 cm³/mol. The van der Waals surface area contributed by atoms with Crippen LogP contribution in [-0.2, 0) is 19.4 Å². The number of hydrogen-bond acceptors (Lipinski definition) is 3. The van der Waals surface area contributed by atoms with Gasteiger partial charge in [-0.1, -0.05) is 6.92 Å². The Kier molecular flexibility index (Phi) is 3.72. The van der Waals surface area contributed by atoms with Crippen molar-refractivity contribution in [3.05, 3.63) is 47.5 Å². The molecular weight excluding hydrogens is 230 g/mol. The van der Waals surface area contributed by atoms with Crippen LogP contribution in [0.2, 0.25) is 0 Å². The van der Waals surface area contributed by atoms with Crippen LogP contribution < -0.4 is 0 Å². The van der Waals surface area contributed by atoms with Crippen LogP contribution >= 0.6 is 0 Å². The number of aryl methyl sites for hydroxylation is 3. The van der Waals surface area contributed by atoms with Gasteiger partial charge in [0.25, 0.3) is 0 Å². The lowest BCUT2D eigenvalue weighted by molar-refractivity contribution is 0.0689. The third-order valence-electron chi connectivity index (χ3n) is 2.81. The Morgan fingerprint density at radius 1 is 1.39 bits per heavy atom. The first-order valence-electron chi connectivity index (χ1n) is 5.89. The van der Waals surface area contributed by atoms with Crippen molar-refractivity contribution in [2.24, 2.45) is 0 Å². The quantitative estimate of drug-likeness (QED) is 0.871. The lowest BCUT2D eigenvalue weighted by atomic mass is 10.2. The zero-order chi connectivity index (χ0) is 13.0. The fourth-order valence-corrected chi connectivity index (χ4v) is 1.82. The van der Waals surface area contributed by atoms with Crippen molar-refractivity contribution >= 4 is 5.97 Å². The highest BCUT2D eigenvalue weighted by atomic mass is 16.4. The highest BCUT2D eigenvalue weighted by Crippen LogP contribution is 2.08. The summed E-state index contributed by atoms with van der Waals surface area (Å²) in [5.74, 6) is -0.979. The van der Waals surface area contributed by atoms with E-state index in [-0.39, 0.29) is 5.69 Å². The molecule has 2 heterocycles. The highest BCUT2D eigenvalue weighted by molar-refractivity contribution is 5.85. The van der Waals surface area contributed by atoms with Crippen LogP contribution in [0.25, 0.3) is 0 Å². The summed E-state index contributed by atoms with van der Waals surface area (Å²) in [7, 11) is 0. The molecule has 18 heavy (non-hydrogen) atoms. The van der Waals surface area contributed by atoms with Gasteiger partial charge in [-0.15, -0.1) is 0 Å². The Bertz CT molecular complexity index is 534. The molecule has 2 aromatic heterocycles. The minimum atomic E-state index is -0.979. The van der Waals surface area contributed by atoms with E-state index in [1.165, 1.54) is 5.56 Å². The van der Waals surface area contributed by atoms with Crippen LogP contribution in [0.4, 0.5) is 0 Å². The monoisotopic (exact) mass is 245 g/mol. The number of carboxylic acid groups (broad SMARTS) is 1. The number of carboxylic acids is 1. The van der Waals surface area contributed by atoms with E-state index in [0.29, 0.717) is 6.54 Å². The Labute approximate surface area is 105 Å². The van der Waals surface area contributed by atoms with E-state index in [0.717, 1.165) is 18.5 Å². The molecule has 1 N–H and O–H groups in total. The van der Waals surface area contributed by atoms with E-state index in [1.54, 1.807) is 23.1 Å². The Morgan fingerprint density at radius 2 is 2.11 bits per heavy atom. The van der Waals surface area contributed by atoms with Gasteiger partial charge in [-0.05, 0) is 36.6 Å². The zero-order valence-corrected chi connectivity index (χ0v) is 10.2. The van der Waals surface area contributed by atoms with Crippen molar-refractivity contribution < 1.29 is 9.90 Å². The molecule has 0 spiro atoms. The lowest BCUT2D eigenvalue weighted by Crippen LogP contribution is -2.08. The Balaban J connectivity index is 2.11. The largest absolute Gasteiger partial charge is 0.476 e. The predicted octanol–water partition coefficient (Wildman–Crippen LogP) is 1.78. The second kappa shape index (κ2) is 5.44. The molecular formula is C13H15N3O2. The average molecular weight is 245 g/mol. The first-order chi connectivity index (χ1) is 8.70. The molecule has 0 radical (unpaired) electrons. The molecule has 0 atom stereocenters. The van der Waals surface area contributed by atoms with E-state index in [4.69, 9.17) is 5.11 Å². The van der Waals surface area contributed by atoms with Gasteiger partial charge in [0.2, 0.25) is 0 Å². The van der Waals surface area contributed by atoms with Crippen molar-refractivity contribution in [2.45, 2.75) is 26.3 Å². The summed E-state index contributed by atoms with van der Waals surface area (Å²) in [6, 6.07) is 5.54. The van der Waals surface area contributed by atoms with Crippen molar-refractivity contribution in [1.82, 2.24) is 14.8 Å². The molecule has 0 aliphatic carbocycles. The third kappa shape index (κ3) is 2.74. The molecule has 2 aromatic rings. The van der Waals surface area contributed by atoms with Crippen LogP contribution in [0.15, 0.2) is 30.6 Å². The topological polar surface area (TPSA) is 68.0 Å². The number of nitrogens with zero attached hydrogens (tertiary/aromatic N) is 3. The number of pyridine rings is 1. The van der Waals surface area contributed by atoms with Gasteiger partial charge in [0.1, 0.15) is 0 Å². The van der Waals surface area contributed by atoms with Crippen LogP contribution in [0, 0.1) is 0 Å². The zero-order valence-electron chi connectivity index (χ0n) is 10.2. The number of aromatic carboxylic acids is 1. The summed E-state index contributed by atoms with van der Waals surface area (Å²) in [6.07, 6.45) is 5.09. The summed E-state index contributed by atoms with van der Waals surface area (Å²) in [6.45, 7) is 2.67. The summed E-state index contributed by atoms with van der Waals surface area (Å²) in [4.78, 5) is 14.8. The van der Waals surface area contributed by atoms with Gasteiger partial charge in [0.15, 0.2) is 5.69 Å². The standard InChI is InChI=1S/C13H15N3O2/c1-2-11-9-12(13(17)18)15-16(11)8-5-10-3-6-14-7-4-10/h3-4,6-7,9H,2,5,8H2,1H3,(H,17,18). The average Bonchev–Trinajstić information content (AvgIpc) is 2.81. The number of carbonyl (C=O) groups is 1. The molecule has 0 bridgehead atoms. The smallest absolute Gasteiger partial charge is 0.356 e. The summed E-state index contributed by atoms with van der Waals surface area (Å²) >= 11 is 0. The van der Waals surface area contributed by atoms with E-state index in [9.17, 15) is 4.79 Å². The maximum absolute atomic E-state index is 10.9. The molecule has 2 rings (SSSR count). The van der Waals surface area contributed by atoms with Crippen LogP contribution in [0.1, 0.15) is 28.7 Å². The second-order valence-corrected chi connectivity index (χ2v) is 4.01. The first kappa shape index (κ1) is 12.3. The Hall–Kier alpha value is -2.17. The van der Waals surface area contributed by atoms with Gasteiger partial charge >= 0.3 is 5.97 Å². The molecule has 0 amide bonds. The number of aromatic nitrogens is 3. The molecule has 94 valence electrons. The minimum Gasteiger partial charge on any atom is -0.476 e. The van der Waals surface area contributed by atoms with E-state index >= 15 is 0 Å². The molecule has 0 saturated carbocycles. The Morgan fingerprint density at radius 3 is 2.72 bits per heavy atom. The van der Waals surface area contributed by atoms with Crippen molar-refractivity contribution in [3.8, 4) is 0 Å². The lowest BCUT2D eigenvalue weighted by Gasteiger charge is -2.05. The van der Waals surface area contributed by atoms with E-state index in [2.05, 4.69) is 10.1 Å². The molecule has 0 saturated heterocycles. The molecule has 0 aliphatic heterocycles. The fraction of sp³-hybridized carbons (Fsp3) is 0.308. The van der Waals surface area contributed by atoms with Crippen molar-refractivity contribution in [2.75, 3.05) is 0 Å². The van der Waals surface area contributed by atoms with Gasteiger partial charge in [-0.2, -0.15) is 5.10 Å². The summed E-state index contributed by atoms with van der Waals surface area (Å²) < 4.78 is 1.77. The highest BCUT2D eigenvalue weighted by Gasteiger charge is 2.11. The molecule has 5 heteroatoms. The third-order valence-corrected chi connectivity index (χ3v) is 2.81. The van der Waals surface area contributed by atoms with Crippen molar-refractivity contribution in [3.63, 3.8) is 0 Å². The molecule has 0 aromatic carbocycles. The summed E-state index contributed by atoms with van der Waals surface area (Å²) in [5.41, 5.74) is 2.22. The first-order valence-corrected chi connectivity index (χ1v) is 5.89.